The maximum absolute atomic E-state index is 2.63. The number of nitrogens with zero attached hydrogens (tertiary/aromatic N) is 2. The average molecular weight is 779 g/mol. The molecular weight excluding hydrogens is 721 g/mol. The van der Waals surface area contributed by atoms with Gasteiger partial charge in [0.25, 0.3) is 0 Å². The van der Waals surface area contributed by atoms with Gasteiger partial charge >= 0.3 is 0 Å². The lowest BCUT2D eigenvalue weighted by atomic mass is 9.97. The van der Waals surface area contributed by atoms with Crippen molar-refractivity contribution in [3.63, 3.8) is 0 Å². The van der Waals surface area contributed by atoms with Gasteiger partial charge in [0, 0.05) is 38.8 Å². The van der Waals surface area contributed by atoms with E-state index in [1.165, 1.54) is 95.0 Å². The van der Waals surface area contributed by atoms with Crippen LogP contribution in [-0.4, -0.2) is 16.1 Å². The Labute approximate surface area is 343 Å². The van der Waals surface area contributed by atoms with Crippen LogP contribution < -0.4 is 9.80 Å². The lowest BCUT2D eigenvalue weighted by Gasteiger charge is -2.51. The molecule has 288 valence electrons. The fraction of sp³-hybridized carbons (Fsp3) is 0.245. The van der Waals surface area contributed by atoms with E-state index in [1.54, 1.807) is 5.56 Å². The molecule has 1 aliphatic carbocycles. The summed E-state index contributed by atoms with van der Waals surface area (Å²) >= 11 is 0. The fourth-order valence-electron chi connectivity index (χ4n) is 10.3. The van der Waals surface area contributed by atoms with Gasteiger partial charge in [0.15, 0.2) is 0 Å². The minimum atomic E-state index is -2.00. The lowest BCUT2D eigenvalue weighted by molar-refractivity contribution is 0.961. The third kappa shape index (κ3) is 6.38. The zero-order valence-corrected chi connectivity index (χ0v) is 38.1. The summed E-state index contributed by atoms with van der Waals surface area (Å²) in [5.41, 5.74) is 20.8. The van der Waals surface area contributed by atoms with Crippen LogP contribution in [0.15, 0.2) is 133 Å². The smallest absolute Gasteiger partial charge is 0.0579 e. The van der Waals surface area contributed by atoms with Crippen LogP contribution in [0.4, 0.5) is 34.1 Å². The molecule has 0 saturated heterocycles. The molecule has 0 heterocycles. The lowest BCUT2D eigenvalue weighted by Crippen LogP contribution is -2.63. The molecule has 0 N–H and O–H groups in total. The Balaban J connectivity index is 1.38. The fourth-order valence-corrected chi connectivity index (χ4v) is 23.4. The quantitative estimate of drug-likeness (QED) is 0.142. The molecule has 0 spiro atoms. The first-order valence-electron chi connectivity index (χ1n) is 20.6. The summed E-state index contributed by atoms with van der Waals surface area (Å²) in [6.45, 7) is 29.0. The Morgan fingerprint density at radius 2 is 0.807 bits per heavy atom. The van der Waals surface area contributed by atoms with E-state index in [9.17, 15) is 0 Å². The van der Waals surface area contributed by atoms with Crippen LogP contribution in [0.1, 0.15) is 44.5 Å². The molecule has 0 bridgehead atoms. The van der Waals surface area contributed by atoms with Gasteiger partial charge in [0.2, 0.25) is 0 Å². The molecule has 0 unspecified atom stereocenters. The Bertz CT molecular complexity index is 2640. The van der Waals surface area contributed by atoms with Crippen molar-refractivity contribution in [3.05, 3.63) is 178 Å². The standard InChI is InChI=1S/C53H58N2Si2/c1-35-15-22-42(23-16-35)54(50-31-37(3)13-19-39(50)5)44-26-29-46-41(33-44)21-28-48-47-30-27-45(34-49(47)53(52(46)48,56(7,8)9)57(10,11)12)55(43-24-17-36(2)18-25-43)51-32-38(4)14-20-40(51)6/h13-34H,1-12H3. The monoisotopic (exact) mass is 778 g/mol. The van der Waals surface area contributed by atoms with Crippen LogP contribution >= 0.6 is 0 Å². The predicted octanol–water partition coefficient (Wildman–Crippen LogP) is 15.7. The molecule has 1 aliphatic rings. The number of aryl methyl sites for hydroxylation is 6. The molecule has 0 fully saturated rings. The van der Waals surface area contributed by atoms with Crippen molar-refractivity contribution in [1.29, 1.82) is 0 Å². The van der Waals surface area contributed by atoms with Gasteiger partial charge in [-0.3, -0.25) is 0 Å². The van der Waals surface area contributed by atoms with Crippen LogP contribution in [0.3, 0.4) is 0 Å². The highest BCUT2D eigenvalue weighted by molar-refractivity contribution is 7.00. The molecule has 0 atom stereocenters. The van der Waals surface area contributed by atoms with E-state index in [2.05, 4.69) is 224 Å². The van der Waals surface area contributed by atoms with Gasteiger partial charge in [-0.1, -0.05) is 123 Å². The second-order valence-electron chi connectivity index (χ2n) is 18.8. The summed E-state index contributed by atoms with van der Waals surface area (Å²) in [5, 5.41) is 2.70. The van der Waals surface area contributed by atoms with Gasteiger partial charge in [0.05, 0.1) is 16.1 Å². The van der Waals surface area contributed by atoms with E-state index >= 15 is 0 Å². The van der Waals surface area contributed by atoms with E-state index in [4.69, 9.17) is 0 Å². The van der Waals surface area contributed by atoms with E-state index in [0.29, 0.717) is 0 Å². The topological polar surface area (TPSA) is 6.48 Å². The van der Waals surface area contributed by atoms with Crippen molar-refractivity contribution in [1.82, 2.24) is 0 Å². The molecular formula is C53H58N2Si2. The van der Waals surface area contributed by atoms with Crippen molar-refractivity contribution < 1.29 is 0 Å². The largest absolute Gasteiger partial charge is 0.310 e. The van der Waals surface area contributed by atoms with Crippen molar-refractivity contribution >= 4 is 61.0 Å². The van der Waals surface area contributed by atoms with Crippen LogP contribution in [-0.2, 0) is 4.66 Å². The highest BCUT2D eigenvalue weighted by atomic mass is 28.4. The van der Waals surface area contributed by atoms with Crippen molar-refractivity contribution in [2.75, 3.05) is 9.80 Å². The summed E-state index contributed by atoms with van der Waals surface area (Å²) in [4.78, 5) is 4.95. The van der Waals surface area contributed by atoms with Gasteiger partial charge in [0.1, 0.15) is 0 Å². The molecule has 4 heteroatoms. The second-order valence-corrected chi connectivity index (χ2v) is 29.8. The van der Waals surface area contributed by atoms with Gasteiger partial charge < -0.3 is 9.80 Å². The molecule has 0 saturated carbocycles. The maximum Gasteiger partial charge on any atom is 0.0579 e. The number of hydrogen-bond acceptors (Lipinski definition) is 2. The summed E-state index contributed by atoms with van der Waals surface area (Å²) in [6, 6.07) is 51.3. The first-order chi connectivity index (χ1) is 27.0. The Hall–Kier alpha value is -5.17. The first kappa shape index (κ1) is 38.7. The third-order valence-electron chi connectivity index (χ3n) is 12.6. The van der Waals surface area contributed by atoms with E-state index in [0.717, 1.165) is 0 Å². The van der Waals surface area contributed by atoms with Crippen LogP contribution in [0.5, 0.6) is 0 Å². The van der Waals surface area contributed by atoms with Gasteiger partial charge in [-0.05, 0) is 157 Å². The molecule has 7 aromatic carbocycles. The predicted molar refractivity (Wildman–Crippen MR) is 255 cm³/mol. The van der Waals surface area contributed by atoms with Crippen molar-refractivity contribution in [2.24, 2.45) is 0 Å². The summed E-state index contributed by atoms with van der Waals surface area (Å²) in [5.74, 6) is 0. The summed E-state index contributed by atoms with van der Waals surface area (Å²) < 4.78 is -0.0356. The number of hydrogen-bond donors (Lipinski definition) is 0. The molecule has 0 radical (unpaired) electrons. The minimum absolute atomic E-state index is 0.0356. The maximum atomic E-state index is 2.63. The molecule has 7 aromatic rings. The number of rotatable bonds is 8. The normalized spacial score (nSPS) is 13.4. The number of fused-ring (bicyclic) bond motifs is 5. The summed E-state index contributed by atoms with van der Waals surface area (Å²) in [6.07, 6.45) is 0. The van der Waals surface area contributed by atoms with Crippen molar-refractivity contribution in [2.45, 2.75) is 85.5 Å². The number of benzene rings is 7. The highest BCUT2D eigenvalue weighted by Crippen LogP contribution is 2.61. The molecule has 8 rings (SSSR count). The molecule has 0 aromatic heterocycles. The second kappa shape index (κ2) is 14.0. The van der Waals surface area contributed by atoms with E-state index < -0.39 is 16.1 Å². The van der Waals surface area contributed by atoms with Crippen LogP contribution in [0, 0.1) is 41.5 Å². The first-order valence-corrected chi connectivity index (χ1v) is 27.6. The van der Waals surface area contributed by atoms with Gasteiger partial charge in [-0.15, -0.1) is 0 Å². The van der Waals surface area contributed by atoms with Gasteiger partial charge in [-0.25, -0.2) is 0 Å². The van der Waals surface area contributed by atoms with E-state index in [1.807, 2.05) is 0 Å². The zero-order chi connectivity index (χ0) is 40.6. The summed E-state index contributed by atoms with van der Waals surface area (Å²) in [7, 11) is -4.00. The van der Waals surface area contributed by atoms with E-state index in [-0.39, 0.29) is 4.66 Å². The van der Waals surface area contributed by atoms with Gasteiger partial charge in [-0.2, -0.15) is 0 Å². The Kier molecular flexibility index (Phi) is 9.53. The molecule has 2 nitrogen and oxygen atoms in total. The SMILES string of the molecule is Cc1ccc(N(c2ccc3c(c2)C([Si](C)(C)C)([Si](C)(C)C)c2c-3ccc3cc(N(c4ccc(C)cc4)c4cc(C)ccc4C)ccc23)c2cc(C)ccc2C)cc1. The minimum Gasteiger partial charge on any atom is -0.310 e. The Morgan fingerprint density at radius 1 is 0.386 bits per heavy atom. The molecule has 57 heavy (non-hydrogen) atoms. The number of anilines is 6. The van der Waals surface area contributed by atoms with Crippen LogP contribution in [0.2, 0.25) is 39.3 Å². The molecule has 0 amide bonds. The average Bonchev–Trinajstić information content (AvgIpc) is 3.48. The third-order valence-corrected chi connectivity index (χ3v) is 22.7. The zero-order valence-electron chi connectivity index (χ0n) is 36.1. The highest BCUT2D eigenvalue weighted by Gasteiger charge is 2.59. The van der Waals surface area contributed by atoms with Crippen molar-refractivity contribution in [3.8, 4) is 11.1 Å². The Morgan fingerprint density at radius 3 is 1.30 bits per heavy atom. The van der Waals surface area contributed by atoms with Crippen LogP contribution in [0.25, 0.3) is 21.9 Å². The molecule has 0 aliphatic heterocycles.